The Hall–Kier alpha value is -1.65. The molecule has 5 nitrogen and oxygen atoms in total. The number of hydrogen-bond donors (Lipinski definition) is 2. The van der Waals surface area contributed by atoms with E-state index in [1.54, 1.807) is 0 Å². The third-order valence-corrected chi connectivity index (χ3v) is 1.81. The molecule has 0 atom stereocenters. The van der Waals surface area contributed by atoms with Crippen LogP contribution in [-0.4, -0.2) is 23.3 Å². The Morgan fingerprint density at radius 2 is 2.12 bits per heavy atom. The molecule has 0 aliphatic carbocycles. The van der Waals surface area contributed by atoms with Gasteiger partial charge in [-0.25, -0.2) is 4.79 Å². The van der Waals surface area contributed by atoms with Crippen molar-refractivity contribution in [3.63, 3.8) is 0 Å². The van der Waals surface area contributed by atoms with Crippen LogP contribution in [0.3, 0.4) is 0 Å². The van der Waals surface area contributed by atoms with Gasteiger partial charge in [0.1, 0.15) is 5.84 Å². The van der Waals surface area contributed by atoms with Crippen LogP contribution in [0.5, 0.6) is 0 Å². The molecule has 0 saturated heterocycles. The van der Waals surface area contributed by atoms with Gasteiger partial charge in [0, 0.05) is 18.0 Å². The Labute approximate surface area is 95.0 Å². The van der Waals surface area contributed by atoms with Crippen molar-refractivity contribution in [2.75, 3.05) is 0 Å². The first kappa shape index (κ1) is 12.4. The summed E-state index contributed by atoms with van der Waals surface area (Å²) in [6.07, 6.45) is 2.00. The Morgan fingerprint density at radius 1 is 1.50 bits per heavy atom. The van der Waals surface area contributed by atoms with E-state index in [0.717, 1.165) is 5.57 Å². The predicted octanol–water partition coefficient (Wildman–Crippen LogP) is 1.36. The molecule has 16 heavy (non-hydrogen) atoms. The van der Waals surface area contributed by atoms with Crippen molar-refractivity contribution in [3.8, 4) is 0 Å². The van der Waals surface area contributed by atoms with Crippen molar-refractivity contribution in [1.82, 2.24) is 10.6 Å². The topological polar surface area (TPSA) is 70.6 Å². The number of amidine groups is 1. The molecule has 0 unspecified atom stereocenters. The van der Waals surface area contributed by atoms with Gasteiger partial charge in [-0.05, 0) is 27.7 Å². The molecule has 0 saturated carbocycles. The third kappa shape index (κ3) is 4.25. The van der Waals surface area contributed by atoms with E-state index >= 15 is 0 Å². The van der Waals surface area contributed by atoms with Gasteiger partial charge in [0.15, 0.2) is 0 Å². The van der Waals surface area contributed by atoms with Gasteiger partial charge < -0.3 is 10.6 Å². The van der Waals surface area contributed by atoms with E-state index in [1.807, 2.05) is 27.7 Å². The number of nitrogens with one attached hydrogen (secondary N) is 2. The quantitative estimate of drug-likeness (QED) is 0.651. The molecule has 88 valence electrons. The van der Waals surface area contributed by atoms with E-state index in [1.165, 1.54) is 6.08 Å². The molecule has 0 aromatic heterocycles. The standard InChI is InChI=1S/C11H17N3O2/c1-7-5-8(12-9(15)6-7)13-10(16)14-11(2,3)4/h6H,5H2,1-4H3,(H2,12,13,14,15,16). The van der Waals surface area contributed by atoms with Gasteiger partial charge in [-0.15, -0.1) is 0 Å². The summed E-state index contributed by atoms with van der Waals surface area (Å²) in [4.78, 5) is 26.4. The van der Waals surface area contributed by atoms with E-state index in [9.17, 15) is 9.59 Å². The van der Waals surface area contributed by atoms with Crippen molar-refractivity contribution in [1.29, 1.82) is 0 Å². The second-order valence-electron chi connectivity index (χ2n) is 4.90. The fourth-order valence-corrected chi connectivity index (χ4v) is 1.30. The summed E-state index contributed by atoms with van der Waals surface area (Å²) in [6.45, 7) is 7.44. The lowest BCUT2D eigenvalue weighted by Crippen LogP contribution is -2.41. The monoisotopic (exact) mass is 223 g/mol. The second-order valence-corrected chi connectivity index (χ2v) is 4.90. The number of nitrogens with zero attached hydrogens (tertiary/aromatic N) is 1. The zero-order valence-corrected chi connectivity index (χ0v) is 10.0. The number of aliphatic imine (C=N–C) groups is 1. The maximum absolute atomic E-state index is 11.5. The number of urea groups is 1. The van der Waals surface area contributed by atoms with Gasteiger partial charge in [0.05, 0.1) is 0 Å². The molecule has 1 heterocycles. The van der Waals surface area contributed by atoms with E-state index in [0.29, 0.717) is 12.3 Å². The highest BCUT2D eigenvalue weighted by Crippen LogP contribution is 2.06. The van der Waals surface area contributed by atoms with E-state index in [2.05, 4.69) is 15.6 Å². The number of hydrogen-bond acceptors (Lipinski definition) is 2. The predicted molar refractivity (Wildman–Crippen MR) is 62.2 cm³/mol. The molecule has 1 rings (SSSR count). The summed E-state index contributed by atoms with van der Waals surface area (Å²) < 4.78 is 0. The minimum atomic E-state index is -0.433. The van der Waals surface area contributed by atoms with Crippen molar-refractivity contribution in [2.24, 2.45) is 4.99 Å². The normalized spacial score (nSPS) is 19.1. The molecule has 0 fully saturated rings. The molecular weight excluding hydrogens is 206 g/mol. The lowest BCUT2D eigenvalue weighted by atomic mass is 10.1. The Kier molecular flexibility index (Phi) is 3.47. The van der Waals surface area contributed by atoms with Gasteiger partial charge in [-0.3, -0.25) is 4.79 Å². The summed E-state index contributed by atoms with van der Waals surface area (Å²) in [5, 5.41) is 5.24. The molecule has 0 spiro atoms. The van der Waals surface area contributed by atoms with E-state index in [4.69, 9.17) is 0 Å². The Bertz CT molecular complexity index is 375. The van der Waals surface area contributed by atoms with Gasteiger partial charge in [-0.2, -0.15) is 4.99 Å². The van der Waals surface area contributed by atoms with Crippen molar-refractivity contribution in [3.05, 3.63) is 11.6 Å². The summed E-state index contributed by atoms with van der Waals surface area (Å²) in [5.41, 5.74) is 0.566. The highest BCUT2D eigenvalue weighted by molar-refractivity contribution is 6.09. The summed E-state index contributed by atoms with van der Waals surface area (Å²) in [5.74, 6) is 0.165. The first-order chi connectivity index (χ1) is 7.26. The van der Waals surface area contributed by atoms with Crippen LogP contribution in [0.4, 0.5) is 4.79 Å². The van der Waals surface area contributed by atoms with Crippen LogP contribution in [0.15, 0.2) is 16.6 Å². The minimum Gasteiger partial charge on any atom is -0.332 e. The number of rotatable bonds is 0. The van der Waals surface area contributed by atoms with E-state index < -0.39 is 6.03 Å². The molecule has 0 aromatic rings. The average molecular weight is 223 g/mol. The van der Waals surface area contributed by atoms with Gasteiger partial charge in [0.2, 0.25) is 5.91 Å². The third-order valence-electron chi connectivity index (χ3n) is 1.81. The van der Waals surface area contributed by atoms with Crippen molar-refractivity contribution in [2.45, 2.75) is 39.7 Å². The fraction of sp³-hybridized carbons (Fsp3) is 0.545. The van der Waals surface area contributed by atoms with Crippen LogP contribution in [-0.2, 0) is 4.79 Å². The molecule has 3 amide bonds. The molecule has 1 aliphatic rings. The van der Waals surface area contributed by atoms with Gasteiger partial charge in [-0.1, -0.05) is 5.57 Å². The largest absolute Gasteiger partial charge is 0.343 e. The second kappa shape index (κ2) is 4.47. The van der Waals surface area contributed by atoms with E-state index in [-0.39, 0.29) is 11.4 Å². The van der Waals surface area contributed by atoms with Crippen LogP contribution < -0.4 is 10.6 Å². The minimum absolute atomic E-state index is 0.231. The molecule has 0 bridgehead atoms. The van der Waals surface area contributed by atoms with Crippen molar-refractivity contribution < 1.29 is 9.59 Å². The van der Waals surface area contributed by atoms with Crippen LogP contribution in [0.25, 0.3) is 0 Å². The summed E-state index contributed by atoms with van der Waals surface area (Å²) in [6, 6.07) is -0.433. The average Bonchev–Trinajstić information content (AvgIpc) is 1.96. The van der Waals surface area contributed by atoms with Crippen LogP contribution in [0, 0.1) is 0 Å². The Morgan fingerprint density at radius 3 is 2.62 bits per heavy atom. The molecule has 5 heteroatoms. The van der Waals surface area contributed by atoms with Crippen LogP contribution in [0.1, 0.15) is 34.1 Å². The zero-order valence-electron chi connectivity index (χ0n) is 10.0. The number of carbonyl (C=O) groups is 2. The smallest absolute Gasteiger partial charge is 0.332 e. The van der Waals surface area contributed by atoms with Gasteiger partial charge >= 0.3 is 6.03 Å². The highest BCUT2D eigenvalue weighted by atomic mass is 16.2. The molecule has 2 N–H and O–H groups in total. The molecule has 0 aromatic carbocycles. The lowest BCUT2D eigenvalue weighted by Gasteiger charge is -2.19. The zero-order chi connectivity index (χ0) is 12.3. The highest BCUT2D eigenvalue weighted by Gasteiger charge is 2.16. The fourth-order valence-electron chi connectivity index (χ4n) is 1.30. The summed E-state index contributed by atoms with van der Waals surface area (Å²) >= 11 is 0. The molecule has 1 aliphatic heterocycles. The number of carbonyl (C=O) groups excluding carboxylic acids is 2. The maximum atomic E-state index is 11.5. The number of amides is 3. The van der Waals surface area contributed by atoms with Crippen LogP contribution in [0.2, 0.25) is 0 Å². The van der Waals surface area contributed by atoms with Crippen LogP contribution >= 0.6 is 0 Å². The lowest BCUT2D eigenvalue weighted by molar-refractivity contribution is -0.115. The first-order valence-corrected chi connectivity index (χ1v) is 5.14. The van der Waals surface area contributed by atoms with Crippen molar-refractivity contribution >= 4 is 17.8 Å². The van der Waals surface area contributed by atoms with Gasteiger partial charge in [0.25, 0.3) is 0 Å². The SMILES string of the molecule is CC1=CC(=O)NC(=NC(=O)NC(C)(C)C)C1. The maximum Gasteiger partial charge on any atom is 0.343 e. The molecular formula is C11H17N3O2. The Balaban J connectivity index is 2.68. The first-order valence-electron chi connectivity index (χ1n) is 5.14. The summed E-state index contributed by atoms with van der Waals surface area (Å²) in [7, 11) is 0. The molecule has 0 radical (unpaired) electrons.